The second-order valence-corrected chi connectivity index (χ2v) is 6.33. The highest BCUT2D eigenvalue weighted by atomic mass is 16.6. The number of benzene rings is 1. The quantitative estimate of drug-likeness (QED) is 0.767. The molecule has 0 aliphatic rings. The van der Waals surface area contributed by atoms with Crippen LogP contribution in [0.25, 0.3) is 0 Å². The molecule has 0 aliphatic carbocycles. The van der Waals surface area contributed by atoms with E-state index in [1.165, 1.54) is 14.2 Å². The maximum atomic E-state index is 12.2. The van der Waals surface area contributed by atoms with Gasteiger partial charge in [-0.25, -0.2) is 4.79 Å². The first-order valence-electron chi connectivity index (χ1n) is 8.08. The number of alkyl carbamates (subject to hydrolysis) is 1. The fourth-order valence-corrected chi connectivity index (χ4v) is 2.27. The lowest BCUT2D eigenvalue weighted by Gasteiger charge is -2.30. The van der Waals surface area contributed by atoms with Crippen molar-refractivity contribution in [2.45, 2.75) is 45.8 Å². The van der Waals surface area contributed by atoms with Crippen LogP contribution in [0.15, 0.2) is 18.2 Å². The predicted molar refractivity (Wildman–Crippen MR) is 90.4 cm³/mol. The lowest BCUT2D eigenvalue weighted by atomic mass is 9.97. The molecule has 0 saturated heterocycles. The smallest absolute Gasteiger partial charge is 0.408 e. The fourth-order valence-electron chi connectivity index (χ4n) is 2.27. The van der Waals surface area contributed by atoms with Crippen molar-refractivity contribution in [3.63, 3.8) is 0 Å². The van der Waals surface area contributed by atoms with Gasteiger partial charge in [-0.3, -0.25) is 0 Å². The molecule has 0 radical (unpaired) electrons. The Morgan fingerprint density at radius 3 is 2.08 bits per heavy atom. The van der Waals surface area contributed by atoms with Crippen LogP contribution < -0.4 is 19.9 Å². The highest BCUT2D eigenvalue weighted by Gasteiger charge is 2.29. The molecule has 2 atom stereocenters. The normalized spacial score (nSPS) is 13.5. The zero-order valence-electron chi connectivity index (χ0n) is 15.5. The van der Waals surface area contributed by atoms with Crippen molar-refractivity contribution in [2.75, 3.05) is 14.2 Å². The summed E-state index contributed by atoms with van der Waals surface area (Å²) in [6, 6.07) is 4.03. The van der Waals surface area contributed by atoms with E-state index < -0.39 is 23.7 Å². The van der Waals surface area contributed by atoms with Crippen molar-refractivity contribution in [3.8, 4) is 11.5 Å². The third-order valence-corrected chi connectivity index (χ3v) is 4.13. The van der Waals surface area contributed by atoms with Gasteiger partial charge in [0.1, 0.15) is 17.1 Å². The van der Waals surface area contributed by atoms with Gasteiger partial charge in [0, 0.05) is 11.6 Å². The van der Waals surface area contributed by atoms with Gasteiger partial charge in [0.15, 0.2) is 0 Å². The maximum absolute atomic E-state index is 12.2. The van der Waals surface area contributed by atoms with Crippen LogP contribution in [0.1, 0.15) is 39.7 Å². The van der Waals surface area contributed by atoms with Gasteiger partial charge < -0.3 is 29.4 Å². The van der Waals surface area contributed by atoms with E-state index in [0.717, 1.165) is 0 Å². The van der Waals surface area contributed by atoms with Crippen molar-refractivity contribution in [3.05, 3.63) is 23.8 Å². The summed E-state index contributed by atoms with van der Waals surface area (Å²) in [4.78, 5) is 23.4. The Labute approximate surface area is 148 Å². The largest absolute Gasteiger partial charge is 0.548 e. The van der Waals surface area contributed by atoms with Crippen LogP contribution in [-0.4, -0.2) is 32.3 Å². The number of hydrogen-bond donors (Lipinski definition) is 1. The number of carbonyl (C=O) groups excluding carboxylic acids is 2. The first kappa shape index (κ1) is 20.6. The van der Waals surface area contributed by atoms with Crippen LogP contribution in [0.4, 0.5) is 4.79 Å². The Kier molecular flexibility index (Phi) is 7.09. The first-order valence-corrected chi connectivity index (χ1v) is 8.08. The van der Waals surface area contributed by atoms with E-state index in [0.29, 0.717) is 23.5 Å². The number of rotatable bonds is 8. The topological polar surface area (TPSA) is 96.9 Å². The third kappa shape index (κ3) is 5.55. The highest BCUT2D eigenvalue weighted by Crippen LogP contribution is 2.32. The Hall–Kier alpha value is -2.44. The summed E-state index contributed by atoms with van der Waals surface area (Å²) in [7, 11) is 3.05. The van der Waals surface area contributed by atoms with Crippen molar-refractivity contribution >= 4 is 12.1 Å². The number of amides is 1. The van der Waals surface area contributed by atoms with Crippen LogP contribution in [-0.2, 0) is 15.1 Å². The van der Waals surface area contributed by atoms with Gasteiger partial charge in [-0.2, -0.15) is 0 Å². The average molecular weight is 352 g/mol. The Morgan fingerprint density at radius 1 is 1.16 bits per heavy atom. The third-order valence-electron chi connectivity index (χ3n) is 4.13. The fraction of sp³-hybridized carbons (Fsp3) is 0.556. The lowest BCUT2D eigenvalue weighted by molar-refractivity contribution is -0.309. The minimum atomic E-state index is -1.34. The molecular weight excluding hydrogens is 326 g/mol. The molecule has 1 amide bonds. The molecule has 1 aromatic rings. The standard InChI is InChI=1S/C18H27NO6/c1-7-11(2)15(16(20)21)19-17(22)25-18(3,4)12-8-13(23-5)10-14(9-12)24-6/h8-11,15H,7H2,1-6H3,(H,19,22)(H,20,21)/p-1/t11-,15-/m0/s1. The summed E-state index contributed by atoms with van der Waals surface area (Å²) < 4.78 is 15.9. The summed E-state index contributed by atoms with van der Waals surface area (Å²) in [6.07, 6.45) is -0.253. The second kappa shape index (κ2) is 8.60. The number of hydrogen-bond acceptors (Lipinski definition) is 6. The summed E-state index contributed by atoms with van der Waals surface area (Å²) >= 11 is 0. The van der Waals surface area contributed by atoms with Gasteiger partial charge >= 0.3 is 6.09 Å². The molecule has 1 aromatic carbocycles. The molecule has 0 bridgehead atoms. The predicted octanol–water partition coefficient (Wildman–Crippen LogP) is 1.83. The van der Waals surface area contributed by atoms with Crippen molar-refractivity contribution in [2.24, 2.45) is 5.92 Å². The molecular formula is C18H26NO6-. The Morgan fingerprint density at radius 2 is 1.68 bits per heavy atom. The van der Waals surface area contributed by atoms with E-state index in [2.05, 4.69) is 5.32 Å². The van der Waals surface area contributed by atoms with E-state index in [4.69, 9.17) is 14.2 Å². The van der Waals surface area contributed by atoms with Crippen LogP contribution >= 0.6 is 0 Å². The number of nitrogens with one attached hydrogen (secondary N) is 1. The van der Waals surface area contributed by atoms with E-state index in [-0.39, 0.29) is 5.92 Å². The number of aliphatic carboxylic acids is 1. The minimum absolute atomic E-state index is 0.280. The van der Waals surface area contributed by atoms with E-state index in [1.54, 1.807) is 39.0 Å². The molecule has 7 nitrogen and oxygen atoms in total. The van der Waals surface area contributed by atoms with Crippen LogP contribution in [0.3, 0.4) is 0 Å². The highest BCUT2D eigenvalue weighted by molar-refractivity contribution is 5.79. The SMILES string of the molecule is CC[C@H](C)[C@H](NC(=O)OC(C)(C)c1cc(OC)cc(OC)c1)C(=O)[O-]. The van der Waals surface area contributed by atoms with Gasteiger partial charge in [-0.1, -0.05) is 20.3 Å². The Bertz CT molecular complexity index is 591. The number of methoxy groups -OCH3 is 2. The number of carbonyl (C=O) groups is 2. The molecule has 1 N–H and O–H groups in total. The first-order chi connectivity index (χ1) is 11.6. The number of carboxylic acid groups (broad SMARTS) is 1. The minimum Gasteiger partial charge on any atom is -0.548 e. The summed E-state index contributed by atoms with van der Waals surface area (Å²) in [5.74, 6) is -0.512. The molecule has 0 heterocycles. The number of carboxylic acids is 1. The van der Waals surface area contributed by atoms with Crippen molar-refractivity contribution in [1.29, 1.82) is 0 Å². The molecule has 140 valence electrons. The molecule has 0 unspecified atom stereocenters. The van der Waals surface area contributed by atoms with Crippen LogP contribution in [0.2, 0.25) is 0 Å². The van der Waals surface area contributed by atoms with Gasteiger partial charge in [0.05, 0.1) is 26.2 Å². The summed E-state index contributed by atoms with van der Waals surface area (Å²) in [5.41, 5.74) is -0.384. The molecule has 0 saturated carbocycles. The van der Waals surface area contributed by atoms with Gasteiger partial charge in [0.2, 0.25) is 0 Å². The maximum Gasteiger partial charge on any atom is 0.408 e. The molecule has 1 rings (SSSR count). The average Bonchev–Trinajstić information content (AvgIpc) is 2.57. The monoisotopic (exact) mass is 352 g/mol. The molecule has 0 aliphatic heterocycles. The van der Waals surface area contributed by atoms with Crippen molar-refractivity contribution < 1.29 is 28.9 Å². The van der Waals surface area contributed by atoms with E-state index in [1.807, 2.05) is 6.92 Å². The molecule has 0 aromatic heterocycles. The molecule has 25 heavy (non-hydrogen) atoms. The van der Waals surface area contributed by atoms with Gasteiger partial charge in [-0.05, 0) is 31.9 Å². The molecule has 7 heteroatoms. The van der Waals surface area contributed by atoms with E-state index >= 15 is 0 Å². The zero-order valence-corrected chi connectivity index (χ0v) is 15.5. The Balaban J connectivity index is 2.96. The molecule has 0 spiro atoms. The zero-order chi connectivity index (χ0) is 19.2. The van der Waals surface area contributed by atoms with Gasteiger partial charge in [0.25, 0.3) is 0 Å². The lowest BCUT2D eigenvalue weighted by Crippen LogP contribution is -2.52. The van der Waals surface area contributed by atoms with Gasteiger partial charge in [-0.15, -0.1) is 0 Å². The van der Waals surface area contributed by atoms with Crippen LogP contribution in [0.5, 0.6) is 11.5 Å². The van der Waals surface area contributed by atoms with Crippen molar-refractivity contribution in [1.82, 2.24) is 5.32 Å². The molecule has 0 fully saturated rings. The summed E-state index contributed by atoms with van der Waals surface area (Å²) in [5, 5.41) is 13.6. The second-order valence-electron chi connectivity index (χ2n) is 6.33. The van der Waals surface area contributed by atoms with Crippen LogP contribution in [0, 0.1) is 5.92 Å². The summed E-state index contributed by atoms with van der Waals surface area (Å²) in [6.45, 7) is 6.94. The number of ether oxygens (including phenoxy) is 3. The van der Waals surface area contributed by atoms with E-state index in [9.17, 15) is 14.7 Å².